The number of aliphatic hydroxyl groups excluding tert-OH is 1. The van der Waals surface area contributed by atoms with Crippen molar-refractivity contribution >= 4 is 29.1 Å². The molecule has 1 aromatic carbocycles. The summed E-state index contributed by atoms with van der Waals surface area (Å²) < 4.78 is 0. The highest BCUT2D eigenvalue weighted by molar-refractivity contribution is 6.35. The van der Waals surface area contributed by atoms with Crippen molar-refractivity contribution in [1.29, 1.82) is 0 Å². The molecule has 0 saturated carbocycles. The van der Waals surface area contributed by atoms with Crippen LogP contribution in [-0.2, 0) is 11.2 Å². The molecule has 1 aromatic rings. The zero-order valence-corrected chi connectivity index (χ0v) is 14.2. The van der Waals surface area contributed by atoms with E-state index in [1.165, 1.54) is 0 Å². The van der Waals surface area contributed by atoms with Crippen LogP contribution in [0, 0.1) is 11.8 Å². The molecule has 3 unspecified atom stereocenters. The van der Waals surface area contributed by atoms with Gasteiger partial charge in [-0.05, 0) is 43.4 Å². The second-order valence-corrected chi connectivity index (χ2v) is 6.62. The zero-order chi connectivity index (χ0) is 16.0. The van der Waals surface area contributed by atoms with Crippen molar-refractivity contribution in [3.05, 3.63) is 33.8 Å². The van der Waals surface area contributed by atoms with E-state index in [1.807, 2.05) is 19.9 Å². The Balaban J connectivity index is 2.47. The Morgan fingerprint density at radius 1 is 1.29 bits per heavy atom. The first-order valence-corrected chi connectivity index (χ1v) is 7.95. The quantitative estimate of drug-likeness (QED) is 0.800. The van der Waals surface area contributed by atoms with Crippen LogP contribution in [0.3, 0.4) is 0 Å². The van der Waals surface area contributed by atoms with Gasteiger partial charge in [-0.1, -0.05) is 43.1 Å². The molecular weight excluding hydrogens is 309 g/mol. The molecule has 0 saturated heterocycles. The second-order valence-electron chi connectivity index (χ2n) is 5.78. The van der Waals surface area contributed by atoms with Gasteiger partial charge in [0.2, 0.25) is 5.91 Å². The molecule has 5 heteroatoms. The van der Waals surface area contributed by atoms with Crippen molar-refractivity contribution in [3.8, 4) is 0 Å². The summed E-state index contributed by atoms with van der Waals surface area (Å²) in [4.78, 5) is 12.1. The molecule has 1 rings (SSSR count). The molecule has 0 fully saturated rings. The van der Waals surface area contributed by atoms with Crippen LogP contribution in [0.1, 0.15) is 32.8 Å². The van der Waals surface area contributed by atoms with Crippen LogP contribution in [0.15, 0.2) is 18.2 Å². The molecule has 118 valence electrons. The van der Waals surface area contributed by atoms with Gasteiger partial charge in [-0.2, -0.15) is 0 Å². The molecule has 0 radical (unpaired) electrons. The topological polar surface area (TPSA) is 49.3 Å². The van der Waals surface area contributed by atoms with Crippen LogP contribution >= 0.6 is 23.2 Å². The summed E-state index contributed by atoms with van der Waals surface area (Å²) in [6, 6.07) is 5.32. The maximum Gasteiger partial charge on any atom is 0.223 e. The molecule has 0 bridgehead atoms. The van der Waals surface area contributed by atoms with E-state index in [0.29, 0.717) is 29.4 Å². The Bertz CT molecular complexity index is 477. The molecule has 3 atom stereocenters. The number of nitrogens with one attached hydrogen (secondary N) is 1. The largest absolute Gasteiger partial charge is 0.393 e. The van der Waals surface area contributed by atoms with Gasteiger partial charge in [-0.3, -0.25) is 4.79 Å². The van der Waals surface area contributed by atoms with Gasteiger partial charge in [-0.25, -0.2) is 0 Å². The standard InChI is InChI=1S/C16H23Cl2NO2/c1-10(6-12(3)20)9-19-16(21)11(2)7-13-4-5-14(17)8-15(13)18/h4-5,8,10-12,20H,6-7,9H2,1-3H3,(H,19,21). The van der Waals surface area contributed by atoms with Crippen LogP contribution in [0.25, 0.3) is 0 Å². The third kappa shape index (κ3) is 6.68. The average molecular weight is 332 g/mol. The minimum Gasteiger partial charge on any atom is -0.393 e. The number of amides is 1. The van der Waals surface area contributed by atoms with Crippen LogP contribution in [0.5, 0.6) is 0 Å². The van der Waals surface area contributed by atoms with Crippen LogP contribution in [0.2, 0.25) is 10.0 Å². The number of carbonyl (C=O) groups is 1. The first-order chi connectivity index (χ1) is 9.79. The molecule has 0 spiro atoms. The Kier molecular flexibility index (Phi) is 7.50. The highest BCUT2D eigenvalue weighted by atomic mass is 35.5. The normalized spacial score (nSPS) is 15.3. The van der Waals surface area contributed by atoms with E-state index >= 15 is 0 Å². The van der Waals surface area contributed by atoms with E-state index in [2.05, 4.69) is 5.32 Å². The fourth-order valence-corrected chi connectivity index (χ4v) is 2.71. The monoisotopic (exact) mass is 331 g/mol. The van der Waals surface area contributed by atoms with Gasteiger partial charge in [0.1, 0.15) is 0 Å². The SMILES string of the molecule is CC(O)CC(C)CNC(=O)C(C)Cc1ccc(Cl)cc1Cl. The lowest BCUT2D eigenvalue weighted by Crippen LogP contribution is -2.34. The van der Waals surface area contributed by atoms with Crippen LogP contribution in [-0.4, -0.2) is 23.7 Å². The highest BCUT2D eigenvalue weighted by Gasteiger charge is 2.16. The summed E-state index contributed by atoms with van der Waals surface area (Å²) in [6.07, 6.45) is 0.909. The average Bonchev–Trinajstić information content (AvgIpc) is 2.38. The molecule has 21 heavy (non-hydrogen) atoms. The zero-order valence-electron chi connectivity index (χ0n) is 12.7. The highest BCUT2D eigenvalue weighted by Crippen LogP contribution is 2.23. The van der Waals surface area contributed by atoms with Crippen LogP contribution < -0.4 is 5.32 Å². The Hall–Kier alpha value is -0.770. The van der Waals surface area contributed by atoms with Crippen molar-refractivity contribution in [2.45, 2.75) is 39.7 Å². The molecule has 2 N–H and O–H groups in total. The van der Waals surface area contributed by atoms with Gasteiger partial charge < -0.3 is 10.4 Å². The molecule has 0 heterocycles. The maximum absolute atomic E-state index is 12.1. The van der Waals surface area contributed by atoms with Gasteiger partial charge in [0.25, 0.3) is 0 Å². The first kappa shape index (κ1) is 18.3. The molecule has 0 aliphatic carbocycles. The molecule has 0 aliphatic rings. The van der Waals surface area contributed by atoms with Crippen LogP contribution in [0.4, 0.5) is 0 Å². The molecule has 0 aliphatic heterocycles. The molecule has 0 aromatic heterocycles. The summed E-state index contributed by atoms with van der Waals surface area (Å²) in [5, 5.41) is 13.4. The number of hydrogen-bond acceptors (Lipinski definition) is 2. The lowest BCUT2D eigenvalue weighted by molar-refractivity contribution is -0.124. The lowest BCUT2D eigenvalue weighted by atomic mass is 9.99. The van der Waals surface area contributed by atoms with Gasteiger partial charge in [0.05, 0.1) is 6.10 Å². The summed E-state index contributed by atoms with van der Waals surface area (Å²) in [5.74, 6) is 0.0844. The van der Waals surface area contributed by atoms with Crippen molar-refractivity contribution in [2.24, 2.45) is 11.8 Å². The smallest absolute Gasteiger partial charge is 0.223 e. The maximum atomic E-state index is 12.1. The van der Waals surface area contributed by atoms with Gasteiger partial charge in [-0.15, -0.1) is 0 Å². The minimum absolute atomic E-state index is 0.00143. The molecule has 3 nitrogen and oxygen atoms in total. The second kappa shape index (κ2) is 8.62. The predicted molar refractivity (Wildman–Crippen MR) is 87.8 cm³/mol. The number of carbonyl (C=O) groups excluding carboxylic acids is 1. The number of benzene rings is 1. The lowest BCUT2D eigenvalue weighted by Gasteiger charge is -2.17. The van der Waals surface area contributed by atoms with Gasteiger partial charge >= 0.3 is 0 Å². The predicted octanol–water partition coefficient (Wildman–Crippen LogP) is 3.70. The number of rotatable bonds is 7. The van der Waals surface area contributed by atoms with Crippen molar-refractivity contribution < 1.29 is 9.90 Å². The van der Waals surface area contributed by atoms with Crippen molar-refractivity contribution in [2.75, 3.05) is 6.54 Å². The third-order valence-corrected chi connectivity index (χ3v) is 3.94. The fourth-order valence-electron chi connectivity index (χ4n) is 2.22. The third-order valence-electron chi connectivity index (χ3n) is 3.36. The summed E-state index contributed by atoms with van der Waals surface area (Å²) in [5.41, 5.74) is 0.917. The number of aliphatic hydroxyl groups is 1. The molecule has 1 amide bonds. The number of halogens is 2. The van der Waals surface area contributed by atoms with E-state index in [4.69, 9.17) is 23.2 Å². The Morgan fingerprint density at radius 2 is 1.95 bits per heavy atom. The van der Waals surface area contributed by atoms with Gasteiger partial charge in [0, 0.05) is 22.5 Å². The van der Waals surface area contributed by atoms with Crippen molar-refractivity contribution in [1.82, 2.24) is 5.32 Å². The van der Waals surface area contributed by atoms with E-state index in [1.54, 1.807) is 19.1 Å². The fraction of sp³-hybridized carbons (Fsp3) is 0.562. The Morgan fingerprint density at radius 3 is 2.52 bits per heavy atom. The molecular formula is C16H23Cl2NO2. The van der Waals surface area contributed by atoms with E-state index in [0.717, 1.165) is 5.56 Å². The summed E-state index contributed by atoms with van der Waals surface area (Å²) in [6.45, 7) is 6.21. The van der Waals surface area contributed by atoms with E-state index < -0.39 is 0 Å². The minimum atomic E-state index is -0.345. The van der Waals surface area contributed by atoms with Gasteiger partial charge in [0.15, 0.2) is 0 Å². The van der Waals surface area contributed by atoms with E-state index in [-0.39, 0.29) is 23.8 Å². The van der Waals surface area contributed by atoms with E-state index in [9.17, 15) is 9.90 Å². The van der Waals surface area contributed by atoms with Crippen molar-refractivity contribution in [3.63, 3.8) is 0 Å². The Labute approximate surface area is 136 Å². The number of hydrogen-bond donors (Lipinski definition) is 2. The summed E-state index contributed by atoms with van der Waals surface area (Å²) in [7, 11) is 0. The first-order valence-electron chi connectivity index (χ1n) is 7.19. The summed E-state index contributed by atoms with van der Waals surface area (Å²) >= 11 is 12.0.